The lowest BCUT2D eigenvalue weighted by molar-refractivity contribution is -0.188. The van der Waals surface area contributed by atoms with E-state index in [9.17, 15) is 0 Å². The van der Waals surface area contributed by atoms with Crippen LogP contribution in [0.2, 0.25) is 0 Å². The first-order valence-corrected chi connectivity index (χ1v) is 3.00. The van der Waals surface area contributed by atoms with Gasteiger partial charge < -0.3 is 10.2 Å². The monoisotopic (exact) mass is 133 g/mol. The van der Waals surface area contributed by atoms with Crippen molar-refractivity contribution in [2.75, 3.05) is 19.9 Å². The van der Waals surface area contributed by atoms with Crippen LogP contribution in [0, 0.1) is 0 Å². The first-order chi connectivity index (χ1) is 4.36. The Hall–Kier alpha value is -0.160. The van der Waals surface area contributed by atoms with Gasteiger partial charge in [0.2, 0.25) is 0 Å². The van der Waals surface area contributed by atoms with Crippen LogP contribution in [0.5, 0.6) is 0 Å². The van der Waals surface area contributed by atoms with E-state index in [0.717, 1.165) is 6.42 Å². The summed E-state index contributed by atoms with van der Waals surface area (Å²) < 4.78 is 0. The van der Waals surface area contributed by atoms with Crippen LogP contribution in [0.25, 0.3) is 0 Å². The number of aliphatic hydroxyl groups excluding tert-OH is 2. The fraction of sp³-hybridized carbons (Fsp3) is 1.00. The number of hydroxylamine groups is 2. The van der Waals surface area contributed by atoms with Crippen molar-refractivity contribution < 1.29 is 15.1 Å². The molecule has 2 N–H and O–H groups in total. The highest BCUT2D eigenvalue weighted by Crippen LogP contribution is 2.10. The van der Waals surface area contributed by atoms with Crippen LogP contribution < -0.4 is 0 Å². The topological polar surface area (TPSA) is 52.9 Å². The maximum atomic E-state index is 8.55. The summed E-state index contributed by atoms with van der Waals surface area (Å²) in [5.74, 6) is 0. The third-order valence-electron chi connectivity index (χ3n) is 1.36. The van der Waals surface area contributed by atoms with Crippen molar-refractivity contribution in [3.05, 3.63) is 0 Å². The summed E-state index contributed by atoms with van der Waals surface area (Å²) in [6, 6.07) is 0. The molecule has 0 radical (unpaired) electrons. The molecule has 1 rings (SSSR count). The van der Waals surface area contributed by atoms with E-state index in [2.05, 4.69) is 0 Å². The van der Waals surface area contributed by atoms with Gasteiger partial charge in [-0.15, -0.1) is 0 Å². The van der Waals surface area contributed by atoms with Crippen molar-refractivity contribution in [3.8, 4) is 0 Å². The van der Waals surface area contributed by atoms with Gasteiger partial charge in [-0.25, -0.2) is 0 Å². The average molecular weight is 133 g/mol. The van der Waals surface area contributed by atoms with Gasteiger partial charge in [-0.05, 0) is 6.42 Å². The zero-order valence-corrected chi connectivity index (χ0v) is 5.16. The third kappa shape index (κ3) is 1.62. The standard InChI is InChI=1S/C5H11NO3/c7-3-5-1-2-6(4-8)9-5/h5,7-8H,1-4H2. The molecule has 1 heterocycles. The van der Waals surface area contributed by atoms with Crippen LogP contribution in [-0.4, -0.2) is 41.3 Å². The highest BCUT2D eigenvalue weighted by atomic mass is 16.7. The maximum absolute atomic E-state index is 8.55. The van der Waals surface area contributed by atoms with Crippen molar-refractivity contribution >= 4 is 0 Å². The molecular formula is C5H11NO3. The average Bonchev–Trinajstić information content (AvgIpc) is 2.34. The van der Waals surface area contributed by atoms with E-state index in [0.29, 0.717) is 6.54 Å². The summed E-state index contributed by atoms with van der Waals surface area (Å²) in [7, 11) is 0. The van der Waals surface area contributed by atoms with Crippen LogP contribution in [0.3, 0.4) is 0 Å². The van der Waals surface area contributed by atoms with Crippen LogP contribution in [0.1, 0.15) is 6.42 Å². The molecule has 0 bridgehead atoms. The minimum Gasteiger partial charge on any atom is -0.394 e. The highest BCUT2D eigenvalue weighted by Gasteiger charge is 2.21. The summed E-state index contributed by atoms with van der Waals surface area (Å²) in [6.45, 7) is 0.661. The van der Waals surface area contributed by atoms with E-state index in [1.807, 2.05) is 0 Å². The summed E-state index contributed by atoms with van der Waals surface area (Å²) in [4.78, 5) is 4.99. The molecule has 54 valence electrons. The Kier molecular flexibility index (Phi) is 2.41. The second kappa shape index (κ2) is 3.12. The molecule has 0 aromatic rings. The summed E-state index contributed by atoms with van der Waals surface area (Å²) >= 11 is 0. The highest BCUT2D eigenvalue weighted by molar-refractivity contribution is 4.62. The summed E-state index contributed by atoms with van der Waals surface area (Å²) in [5.41, 5.74) is 0. The van der Waals surface area contributed by atoms with Gasteiger partial charge in [0.15, 0.2) is 0 Å². The van der Waals surface area contributed by atoms with Crippen molar-refractivity contribution in [2.45, 2.75) is 12.5 Å². The van der Waals surface area contributed by atoms with Crippen molar-refractivity contribution in [1.82, 2.24) is 5.06 Å². The molecule has 4 heteroatoms. The predicted molar refractivity (Wildman–Crippen MR) is 30.4 cm³/mol. The lowest BCUT2D eigenvalue weighted by Gasteiger charge is -2.10. The van der Waals surface area contributed by atoms with Gasteiger partial charge >= 0.3 is 0 Å². The van der Waals surface area contributed by atoms with E-state index in [4.69, 9.17) is 15.1 Å². The van der Waals surface area contributed by atoms with Crippen LogP contribution >= 0.6 is 0 Å². The minimum atomic E-state index is -0.0999. The molecule has 0 aromatic carbocycles. The molecule has 0 aromatic heterocycles. The number of nitrogens with zero attached hydrogens (tertiary/aromatic N) is 1. The Morgan fingerprint density at radius 1 is 1.56 bits per heavy atom. The molecule has 1 aliphatic heterocycles. The molecule has 1 atom stereocenters. The Morgan fingerprint density at radius 2 is 2.33 bits per heavy atom. The van der Waals surface area contributed by atoms with Crippen LogP contribution in [0.15, 0.2) is 0 Å². The van der Waals surface area contributed by atoms with Crippen molar-refractivity contribution in [1.29, 1.82) is 0 Å². The quantitative estimate of drug-likeness (QED) is 0.504. The molecular weight excluding hydrogens is 122 g/mol. The van der Waals surface area contributed by atoms with E-state index >= 15 is 0 Å². The summed E-state index contributed by atoms with van der Waals surface area (Å²) in [6.07, 6.45) is 0.703. The van der Waals surface area contributed by atoms with E-state index in [1.54, 1.807) is 0 Å². The Bertz CT molecular complexity index is 78.3. The molecule has 1 fully saturated rings. The lowest BCUT2D eigenvalue weighted by Crippen LogP contribution is -2.21. The Morgan fingerprint density at radius 3 is 2.67 bits per heavy atom. The van der Waals surface area contributed by atoms with Gasteiger partial charge in [0.25, 0.3) is 0 Å². The van der Waals surface area contributed by atoms with Gasteiger partial charge in [0.05, 0.1) is 6.61 Å². The van der Waals surface area contributed by atoms with Crippen molar-refractivity contribution in [3.63, 3.8) is 0 Å². The largest absolute Gasteiger partial charge is 0.394 e. The molecule has 1 saturated heterocycles. The maximum Gasteiger partial charge on any atom is 0.119 e. The minimum absolute atomic E-state index is 0.0382. The molecule has 0 spiro atoms. The zero-order valence-electron chi connectivity index (χ0n) is 5.16. The molecule has 1 unspecified atom stereocenters. The molecule has 9 heavy (non-hydrogen) atoms. The van der Waals surface area contributed by atoms with Gasteiger partial charge in [0.1, 0.15) is 12.8 Å². The third-order valence-corrected chi connectivity index (χ3v) is 1.36. The first kappa shape index (κ1) is 6.95. The van der Waals surface area contributed by atoms with E-state index < -0.39 is 0 Å². The fourth-order valence-electron chi connectivity index (χ4n) is 0.833. The zero-order chi connectivity index (χ0) is 6.69. The van der Waals surface area contributed by atoms with Crippen molar-refractivity contribution in [2.24, 2.45) is 0 Å². The smallest absolute Gasteiger partial charge is 0.119 e. The fourth-order valence-corrected chi connectivity index (χ4v) is 0.833. The number of hydrogen-bond donors (Lipinski definition) is 2. The molecule has 4 nitrogen and oxygen atoms in total. The number of hydrogen-bond acceptors (Lipinski definition) is 4. The van der Waals surface area contributed by atoms with E-state index in [-0.39, 0.29) is 19.4 Å². The van der Waals surface area contributed by atoms with Crippen LogP contribution in [-0.2, 0) is 4.84 Å². The normalized spacial score (nSPS) is 29.3. The SMILES string of the molecule is OCC1CCN(CO)O1. The molecule has 0 amide bonds. The first-order valence-electron chi connectivity index (χ1n) is 3.00. The second-order valence-electron chi connectivity index (χ2n) is 2.05. The van der Waals surface area contributed by atoms with Gasteiger partial charge in [-0.3, -0.25) is 4.84 Å². The van der Waals surface area contributed by atoms with Gasteiger partial charge in [-0.1, -0.05) is 0 Å². The molecule has 0 saturated carbocycles. The van der Waals surface area contributed by atoms with Crippen LogP contribution in [0.4, 0.5) is 0 Å². The predicted octanol–water partition coefficient (Wildman–Crippen LogP) is -1.07. The van der Waals surface area contributed by atoms with Gasteiger partial charge in [-0.2, -0.15) is 5.06 Å². The van der Waals surface area contributed by atoms with E-state index in [1.165, 1.54) is 5.06 Å². The number of rotatable bonds is 2. The Balaban J connectivity index is 2.20. The summed E-state index contributed by atoms with van der Waals surface area (Å²) in [5, 5.41) is 18.5. The molecule has 1 aliphatic rings. The van der Waals surface area contributed by atoms with Gasteiger partial charge in [0, 0.05) is 6.54 Å². The Labute approximate surface area is 53.6 Å². The lowest BCUT2D eigenvalue weighted by atomic mass is 10.3. The molecule has 0 aliphatic carbocycles. The number of aliphatic hydroxyl groups is 2. The second-order valence-corrected chi connectivity index (χ2v) is 2.05.